The monoisotopic (exact) mass is 641 g/mol. The maximum Gasteiger partial charge on any atom is 0.306 e. The van der Waals surface area contributed by atoms with Crippen molar-refractivity contribution in [3.63, 3.8) is 0 Å². The van der Waals surface area contributed by atoms with Crippen LogP contribution in [0.25, 0.3) is 0 Å². The first-order valence-corrected chi connectivity index (χ1v) is 19.6. The van der Waals surface area contributed by atoms with Crippen LogP contribution in [0.1, 0.15) is 176 Å². The van der Waals surface area contributed by atoms with E-state index in [1.54, 1.807) is 0 Å². The Morgan fingerprint density at radius 3 is 2.07 bits per heavy atom. The van der Waals surface area contributed by atoms with Crippen LogP contribution in [0.3, 0.4) is 0 Å². The van der Waals surface area contributed by atoms with Crippen molar-refractivity contribution in [2.75, 3.05) is 0 Å². The fraction of sp³-hybridized carbons (Fsp3) is 0.878. The molecule has 3 fully saturated rings. The number of aliphatic carboxylic acids is 1. The lowest BCUT2D eigenvalue weighted by atomic mass is 9.46. The number of carboxylic acids is 1. The largest absolute Gasteiger partial charge is 0.481 e. The number of allylic oxidation sites excluding steroid dienone is 1. The van der Waals surface area contributed by atoms with Gasteiger partial charge in [0.2, 0.25) is 0 Å². The summed E-state index contributed by atoms with van der Waals surface area (Å²) in [4.78, 5) is 37.2. The number of carboxylic acid groups (broad SMARTS) is 1. The highest BCUT2D eigenvalue weighted by atomic mass is 16.5. The van der Waals surface area contributed by atoms with Gasteiger partial charge in [0.15, 0.2) is 5.78 Å². The lowest BCUT2D eigenvalue weighted by Gasteiger charge is -2.57. The van der Waals surface area contributed by atoms with Gasteiger partial charge in [-0.3, -0.25) is 14.4 Å². The molecule has 4 rings (SSSR count). The van der Waals surface area contributed by atoms with E-state index in [4.69, 9.17) is 9.84 Å². The number of rotatable bonds is 19. The van der Waals surface area contributed by atoms with Gasteiger partial charge in [-0.25, -0.2) is 0 Å². The molecule has 0 radical (unpaired) electrons. The Balaban J connectivity index is 1.19. The molecule has 5 nitrogen and oxygen atoms in total. The summed E-state index contributed by atoms with van der Waals surface area (Å²) in [5, 5.41) is 8.70. The number of unbranched alkanes of at least 4 members (excludes halogenated alkanes) is 9. The number of fused-ring (bicyclic) bond motifs is 5. The van der Waals surface area contributed by atoms with Gasteiger partial charge < -0.3 is 9.84 Å². The van der Waals surface area contributed by atoms with E-state index in [1.165, 1.54) is 76.2 Å². The number of ketones is 1. The second-order valence-corrected chi connectivity index (χ2v) is 17.0. The van der Waals surface area contributed by atoms with E-state index in [2.05, 4.69) is 34.6 Å². The van der Waals surface area contributed by atoms with Crippen LogP contribution in [-0.4, -0.2) is 28.9 Å². The van der Waals surface area contributed by atoms with Gasteiger partial charge in [0.1, 0.15) is 6.10 Å². The molecule has 0 saturated heterocycles. The Morgan fingerprint density at radius 1 is 0.804 bits per heavy atom. The van der Waals surface area contributed by atoms with Gasteiger partial charge in [-0.05, 0) is 97.9 Å². The summed E-state index contributed by atoms with van der Waals surface area (Å²) >= 11 is 0. The quantitative estimate of drug-likeness (QED) is 0.112. The summed E-state index contributed by atoms with van der Waals surface area (Å²) in [6, 6.07) is 0. The lowest BCUT2D eigenvalue weighted by molar-refractivity contribution is -0.152. The molecule has 8 atom stereocenters. The van der Waals surface area contributed by atoms with Crippen molar-refractivity contribution < 1.29 is 24.2 Å². The van der Waals surface area contributed by atoms with Crippen molar-refractivity contribution in [2.24, 2.45) is 46.3 Å². The Kier molecular flexibility index (Phi) is 13.9. The molecule has 0 aromatic rings. The highest BCUT2D eigenvalue weighted by Crippen LogP contribution is 2.66. The fourth-order valence-corrected chi connectivity index (χ4v) is 10.7. The van der Waals surface area contributed by atoms with Gasteiger partial charge in [0.25, 0.3) is 0 Å². The molecule has 0 spiro atoms. The van der Waals surface area contributed by atoms with E-state index < -0.39 is 5.97 Å². The maximum absolute atomic E-state index is 13.9. The minimum absolute atomic E-state index is 0.0662. The van der Waals surface area contributed by atoms with Crippen LogP contribution in [-0.2, 0) is 19.1 Å². The standard InChI is InChI=1S/C41H68O5/c1-29(2)17-16-18-30(3)33-21-22-34-39-35(24-26-41(33,34)5)40(4)25-23-32(27-31(40)28-36(39)42)46-38(45)20-15-13-11-9-7-6-8-10-12-14-19-37(43)44/h28-30,32-35,39H,6-27H2,1-5H3,(H,43,44)/t30-,32?,33-,34?,35?,39?,40+,41-/m1/s1. The van der Waals surface area contributed by atoms with Gasteiger partial charge in [0.05, 0.1) is 0 Å². The van der Waals surface area contributed by atoms with Crippen molar-refractivity contribution in [3.8, 4) is 0 Å². The minimum Gasteiger partial charge on any atom is -0.481 e. The maximum atomic E-state index is 13.9. The number of hydrogen-bond acceptors (Lipinski definition) is 4. The van der Waals surface area contributed by atoms with Crippen LogP contribution in [0.15, 0.2) is 11.6 Å². The number of carbonyl (C=O) groups excluding carboxylic acids is 2. The summed E-state index contributed by atoms with van der Waals surface area (Å²) < 4.78 is 6.01. The zero-order valence-corrected chi connectivity index (χ0v) is 30.3. The average Bonchev–Trinajstić information content (AvgIpc) is 3.35. The second-order valence-electron chi connectivity index (χ2n) is 17.0. The van der Waals surface area contributed by atoms with Crippen molar-refractivity contribution in [2.45, 2.75) is 182 Å². The first kappa shape index (κ1) is 37.2. The fourth-order valence-electron chi connectivity index (χ4n) is 10.7. The van der Waals surface area contributed by atoms with Gasteiger partial charge in [-0.15, -0.1) is 0 Å². The van der Waals surface area contributed by atoms with Crippen molar-refractivity contribution in [1.82, 2.24) is 0 Å². The first-order valence-electron chi connectivity index (χ1n) is 19.6. The number of esters is 1. The van der Waals surface area contributed by atoms with Crippen LogP contribution >= 0.6 is 0 Å². The molecule has 4 unspecified atom stereocenters. The van der Waals surface area contributed by atoms with Gasteiger partial charge >= 0.3 is 11.9 Å². The molecule has 0 aliphatic heterocycles. The number of ether oxygens (including phenoxy) is 1. The minimum atomic E-state index is -0.692. The molecular formula is C41H68O5. The molecule has 0 aromatic heterocycles. The van der Waals surface area contributed by atoms with Crippen LogP contribution < -0.4 is 0 Å². The van der Waals surface area contributed by atoms with Crippen LogP contribution in [0.2, 0.25) is 0 Å². The van der Waals surface area contributed by atoms with Gasteiger partial charge in [0, 0.05) is 25.2 Å². The van der Waals surface area contributed by atoms with Crippen LogP contribution in [0, 0.1) is 46.3 Å². The van der Waals surface area contributed by atoms with E-state index in [0.29, 0.717) is 35.9 Å². The zero-order chi connectivity index (χ0) is 33.3. The van der Waals surface area contributed by atoms with Crippen molar-refractivity contribution >= 4 is 17.7 Å². The molecule has 0 amide bonds. The van der Waals surface area contributed by atoms with Crippen molar-refractivity contribution in [3.05, 3.63) is 11.6 Å². The predicted octanol–water partition coefficient (Wildman–Crippen LogP) is 10.9. The molecule has 0 aromatic carbocycles. The second kappa shape index (κ2) is 17.1. The zero-order valence-electron chi connectivity index (χ0n) is 30.3. The number of hydrogen-bond donors (Lipinski definition) is 1. The average molecular weight is 641 g/mol. The molecule has 3 saturated carbocycles. The summed E-state index contributed by atoms with van der Waals surface area (Å²) in [5.74, 6) is 3.05. The SMILES string of the molecule is CC(C)CCC[C@@H](C)[C@H]1CCC2C3C(=O)C=C4CC(OC(=O)CCCCCCCCCCCCC(=O)O)CC[C@]4(C)C3CC[C@@]21C. The molecule has 0 bridgehead atoms. The smallest absolute Gasteiger partial charge is 0.306 e. The molecule has 46 heavy (non-hydrogen) atoms. The number of carbonyl (C=O) groups is 3. The van der Waals surface area contributed by atoms with Crippen LogP contribution in [0.5, 0.6) is 0 Å². The van der Waals surface area contributed by atoms with Crippen LogP contribution in [0.4, 0.5) is 0 Å². The molecular weight excluding hydrogens is 572 g/mol. The van der Waals surface area contributed by atoms with E-state index in [-0.39, 0.29) is 23.4 Å². The van der Waals surface area contributed by atoms with Gasteiger partial charge in [-0.2, -0.15) is 0 Å². The third-order valence-corrected chi connectivity index (χ3v) is 13.4. The Hall–Kier alpha value is -1.65. The third kappa shape index (κ3) is 9.28. The highest BCUT2D eigenvalue weighted by molar-refractivity contribution is 5.94. The summed E-state index contributed by atoms with van der Waals surface area (Å²) in [6.07, 6.45) is 25.2. The molecule has 262 valence electrons. The van der Waals surface area contributed by atoms with E-state index in [1.807, 2.05) is 6.08 Å². The first-order chi connectivity index (χ1) is 22.0. The van der Waals surface area contributed by atoms with Gasteiger partial charge in [-0.1, -0.05) is 111 Å². The molecule has 5 heteroatoms. The molecule has 4 aliphatic carbocycles. The Labute approximate surface area is 281 Å². The molecule has 0 heterocycles. The Morgan fingerprint density at radius 2 is 1.43 bits per heavy atom. The highest BCUT2D eigenvalue weighted by Gasteiger charge is 2.61. The summed E-state index contributed by atoms with van der Waals surface area (Å²) in [7, 11) is 0. The van der Waals surface area contributed by atoms with E-state index in [0.717, 1.165) is 75.5 Å². The van der Waals surface area contributed by atoms with Crippen molar-refractivity contribution in [1.29, 1.82) is 0 Å². The molecule has 1 N–H and O–H groups in total. The molecule has 4 aliphatic rings. The predicted molar refractivity (Wildman–Crippen MR) is 186 cm³/mol. The third-order valence-electron chi connectivity index (χ3n) is 13.4. The lowest BCUT2D eigenvalue weighted by Crippen LogP contribution is -2.53. The van der Waals surface area contributed by atoms with E-state index >= 15 is 0 Å². The Bertz CT molecular complexity index is 1050. The summed E-state index contributed by atoms with van der Waals surface area (Å²) in [5.41, 5.74) is 1.64. The topological polar surface area (TPSA) is 80.7 Å². The normalized spacial score (nSPS) is 32.8. The summed E-state index contributed by atoms with van der Waals surface area (Å²) in [6.45, 7) is 12.1. The van der Waals surface area contributed by atoms with E-state index in [9.17, 15) is 14.4 Å².